The van der Waals surface area contributed by atoms with Crippen LogP contribution in [0, 0.1) is 6.92 Å². The number of rotatable bonds is 6. The smallest absolute Gasteiger partial charge is 0.0825 e. The Balaban J connectivity index is 0.00000200. The Labute approximate surface area is 126 Å². The van der Waals surface area contributed by atoms with Gasteiger partial charge in [0.05, 0.1) is 17.6 Å². The van der Waals surface area contributed by atoms with E-state index in [0.29, 0.717) is 6.04 Å². The van der Waals surface area contributed by atoms with Crippen molar-refractivity contribution in [1.82, 2.24) is 19.6 Å². The van der Waals surface area contributed by atoms with Gasteiger partial charge in [0.25, 0.3) is 0 Å². The van der Waals surface area contributed by atoms with E-state index in [0.717, 1.165) is 30.9 Å². The lowest BCUT2D eigenvalue weighted by Gasteiger charge is -2.04. The van der Waals surface area contributed by atoms with Gasteiger partial charge >= 0.3 is 0 Å². The molecule has 6 heteroatoms. The molecule has 0 aromatic carbocycles. The van der Waals surface area contributed by atoms with E-state index in [9.17, 15) is 0 Å². The van der Waals surface area contributed by atoms with Crippen LogP contribution in [0.1, 0.15) is 44.5 Å². The quantitative estimate of drug-likeness (QED) is 0.889. The standard InChI is InChI=1S/C14H23N5.ClH/c1-5-6-18-10-14(12(4)17-18)15-7-13-8-16-19(9-13)11(2)3;/h8-11,15H,5-7H2,1-4H3;1H. The summed E-state index contributed by atoms with van der Waals surface area (Å²) < 4.78 is 3.97. The van der Waals surface area contributed by atoms with Gasteiger partial charge in [0.15, 0.2) is 0 Å². The van der Waals surface area contributed by atoms with E-state index in [1.54, 1.807) is 0 Å². The number of aryl methyl sites for hydroxylation is 2. The van der Waals surface area contributed by atoms with Gasteiger partial charge in [0, 0.05) is 37.1 Å². The molecule has 0 saturated heterocycles. The minimum Gasteiger partial charge on any atom is -0.378 e. The summed E-state index contributed by atoms with van der Waals surface area (Å²) in [6, 6.07) is 0.405. The lowest BCUT2D eigenvalue weighted by molar-refractivity contribution is 0.532. The van der Waals surface area contributed by atoms with Crippen molar-refractivity contribution in [2.24, 2.45) is 0 Å². The number of halogens is 1. The van der Waals surface area contributed by atoms with Crippen molar-refractivity contribution in [2.45, 2.75) is 53.2 Å². The fraction of sp³-hybridized carbons (Fsp3) is 0.571. The molecular weight excluding hydrogens is 274 g/mol. The zero-order valence-electron chi connectivity index (χ0n) is 12.6. The number of hydrogen-bond acceptors (Lipinski definition) is 3. The van der Waals surface area contributed by atoms with Gasteiger partial charge in [-0.3, -0.25) is 9.36 Å². The molecular formula is C14H24ClN5. The highest BCUT2D eigenvalue weighted by Crippen LogP contribution is 2.14. The minimum atomic E-state index is 0. The van der Waals surface area contributed by atoms with Gasteiger partial charge in [-0.25, -0.2) is 0 Å². The van der Waals surface area contributed by atoms with Crippen LogP contribution in [0.15, 0.2) is 18.6 Å². The molecule has 0 aliphatic carbocycles. The van der Waals surface area contributed by atoms with E-state index >= 15 is 0 Å². The van der Waals surface area contributed by atoms with Gasteiger partial charge in [-0.05, 0) is 27.2 Å². The molecule has 1 N–H and O–H groups in total. The maximum atomic E-state index is 4.48. The molecule has 2 aromatic rings. The van der Waals surface area contributed by atoms with Crippen molar-refractivity contribution in [3.63, 3.8) is 0 Å². The molecule has 2 heterocycles. The third-order valence-electron chi connectivity index (χ3n) is 3.07. The van der Waals surface area contributed by atoms with Crippen molar-refractivity contribution in [2.75, 3.05) is 5.32 Å². The van der Waals surface area contributed by atoms with Crippen LogP contribution in [0.25, 0.3) is 0 Å². The van der Waals surface area contributed by atoms with Crippen LogP contribution >= 0.6 is 12.4 Å². The first-order valence-corrected chi connectivity index (χ1v) is 6.91. The van der Waals surface area contributed by atoms with Crippen LogP contribution in [-0.4, -0.2) is 19.6 Å². The highest BCUT2D eigenvalue weighted by atomic mass is 35.5. The predicted octanol–water partition coefficient (Wildman–Crippen LogP) is 3.41. The molecule has 0 unspecified atom stereocenters. The Hall–Kier alpha value is -1.49. The fourth-order valence-corrected chi connectivity index (χ4v) is 1.98. The van der Waals surface area contributed by atoms with Gasteiger partial charge in [0.1, 0.15) is 0 Å². The second kappa shape index (κ2) is 7.33. The maximum Gasteiger partial charge on any atom is 0.0825 e. The van der Waals surface area contributed by atoms with Crippen molar-refractivity contribution in [1.29, 1.82) is 0 Å². The Kier molecular flexibility index (Phi) is 6.07. The average molecular weight is 298 g/mol. The summed E-state index contributed by atoms with van der Waals surface area (Å²) in [6.07, 6.45) is 7.18. The average Bonchev–Trinajstić information content (AvgIpc) is 2.94. The Bertz CT molecular complexity index is 529. The normalized spacial score (nSPS) is 10.7. The van der Waals surface area contributed by atoms with E-state index in [2.05, 4.69) is 48.7 Å². The molecule has 0 aliphatic rings. The number of nitrogens with zero attached hydrogens (tertiary/aromatic N) is 4. The second-order valence-corrected chi connectivity index (χ2v) is 5.17. The topological polar surface area (TPSA) is 47.7 Å². The van der Waals surface area contributed by atoms with Gasteiger partial charge in [-0.2, -0.15) is 10.2 Å². The molecule has 0 saturated carbocycles. The summed E-state index contributed by atoms with van der Waals surface area (Å²) in [5, 5.41) is 12.2. The van der Waals surface area contributed by atoms with E-state index < -0.39 is 0 Å². The van der Waals surface area contributed by atoms with Gasteiger partial charge in [-0.1, -0.05) is 6.92 Å². The summed E-state index contributed by atoms with van der Waals surface area (Å²) >= 11 is 0. The largest absolute Gasteiger partial charge is 0.378 e. The van der Waals surface area contributed by atoms with Crippen LogP contribution in [0.3, 0.4) is 0 Å². The third-order valence-corrected chi connectivity index (χ3v) is 3.07. The molecule has 0 bridgehead atoms. The molecule has 0 fully saturated rings. The second-order valence-electron chi connectivity index (χ2n) is 5.17. The number of nitrogens with one attached hydrogen (secondary N) is 1. The Morgan fingerprint density at radius 1 is 1.30 bits per heavy atom. The summed E-state index contributed by atoms with van der Waals surface area (Å²) in [4.78, 5) is 0. The highest BCUT2D eigenvalue weighted by molar-refractivity contribution is 5.85. The molecule has 0 aliphatic heterocycles. The summed E-state index contributed by atoms with van der Waals surface area (Å²) in [5.74, 6) is 0. The lowest BCUT2D eigenvalue weighted by Crippen LogP contribution is -2.01. The van der Waals surface area contributed by atoms with Crippen LogP contribution < -0.4 is 5.32 Å². The van der Waals surface area contributed by atoms with Gasteiger partial charge < -0.3 is 5.32 Å². The molecule has 0 spiro atoms. The minimum absolute atomic E-state index is 0. The van der Waals surface area contributed by atoms with E-state index in [1.165, 1.54) is 5.56 Å². The van der Waals surface area contributed by atoms with Gasteiger partial charge in [0.2, 0.25) is 0 Å². The fourth-order valence-electron chi connectivity index (χ4n) is 1.98. The molecule has 0 atom stereocenters. The first kappa shape index (κ1) is 16.6. The van der Waals surface area contributed by atoms with Crippen molar-refractivity contribution in [3.05, 3.63) is 29.8 Å². The summed E-state index contributed by atoms with van der Waals surface area (Å²) in [5.41, 5.74) is 3.34. The predicted molar refractivity (Wildman–Crippen MR) is 84.4 cm³/mol. The van der Waals surface area contributed by atoms with Crippen molar-refractivity contribution >= 4 is 18.1 Å². The number of hydrogen-bond donors (Lipinski definition) is 1. The zero-order valence-corrected chi connectivity index (χ0v) is 13.4. The van der Waals surface area contributed by atoms with Crippen LogP contribution in [0.5, 0.6) is 0 Å². The van der Waals surface area contributed by atoms with Crippen LogP contribution in [-0.2, 0) is 13.1 Å². The zero-order chi connectivity index (χ0) is 13.8. The first-order valence-electron chi connectivity index (χ1n) is 6.91. The van der Waals surface area contributed by atoms with E-state index in [4.69, 9.17) is 0 Å². The van der Waals surface area contributed by atoms with Crippen molar-refractivity contribution < 1.29 is 0 Å². The number of aromatic nitrogens is 4. The lowest BCUT2D eigenvalue weighted by atomic mass is 10.3. The van der Waals surface area contributed by atoms with Crippen molar-refractivity contribution in [3.8, 4) is 0 Å². The summed E-state index contributed by atoms with van der Waals surface area (Å²) in [7, 11) is 0. The molecule has 0 amide bonds. The van der Waals surface area contributed by atoms with Crippen LogP contribution in [0.4, 0.5) is 5.69 Å². The third kappa shape index (κ3) is 4.00. The van der Waals surface area contributed by atoms with E-state index in [1.807, 2.05) is 22.5 Å². The molecule has 2 rings (SSSR count). The highest BCUT2D eigenvalue weighted by Gasteiger charge is 2.05. The Morgan fingerprint density at radius 3 is 2.65 bits per heavy atom. The van der Waals surface area contributed by atoms with Gasteiger partial charge in [-0.15, -0.1) is 12.4 Å². The maximum absolute atomic E-state index is 4.48. The van der Waals surface area contributed by atoms with E-state index in [-0.39, 0.29) is 12.4 Å². The molecule has 2 aromatic heterocycles. The Morgan fingerprint density at radius 2 is 2.05 bits per heavy atom. The SMILES string of the molecule is CCCn1cc(NCc2cnn(C(C)C)c2)c(C)n1.Cl. The number of anilines is 1. The molecule has 5 nitrogen and oxygen atoms in total. The van der Waals surface area contributed by atoms with Crippen LogP contribution in [0.2, 0.25) is 0 Å². The first-order chi connectivity index (χ1) is 9.10. The molecule has 0 radical (unpaired) electrons. The monoisotopic (exact) mass is 297 g/mol. The molecule has 112 valence electrons. The molecule has 20 heavy (non-hydrogen) atoms. The summed E-state index contributed by atoms with van der Waals surface area (Å²) in [6.45, 7) is 10.2.